The van der Waals surface area contributed by atoms with Crippen LogP contribution in [-0.2, 0) is 6.42 Å². The molecule has 0 spiro atoms. The summed E-state index contributed by atoms with van der Waals surface area (Å²) in [5, 5.41) is 0. The summed E-state index contributed by atoms with van der Waals surface area (Å²) in [5.74, 6) is 0.711. The number of hydrogen-bond acceptors (Lipinski definition) is 1. The minimum atomic E-state index is 0.711. The van der Waals surface area contributed by atoms with Gasteiger partial charge in [0.1, 0.15) is 0 Å². The van der Waals surface area contributed by atoms with E-state index in [0.29, 0.717) is 5.92 Å². The molecule has 1 aromatic rings. The molecule has 1 nitrogen and oxygen atoms in total. The second-order valence-corrected chi connectivity index (χ2v) is 5.73. The van der Waals surface area contributed by atoms with Gasteiger partial charge in [0.2, 0.25) is 0 Å². The smallest absolute Gasteiger partial charge is 0.00218 e. The predicted octanol–water partition coefficient (Wildman–Crippen LogP) is 4.23. The first-order valence-electron chi connectivity index (χ1n) is 7.60. The SMILES string of the molecule is CCCC(C)c1ccc(CCN2CCCC2)cc1. The van der Waals surface area contributed by atoms with Gasteiger partial charge in [-0.15, -0.1) is 0 Å². The summed E-state index contributed by atoms with van der Waals surface area (Å²) in [7, 11) is 0. The van der Waals surface area contributed by atoms with Crippen molar-refractivity contribution in [3.05, 3.63) is 35.4 Å². The largest absolute Gasteiger partial charge is 0.303 e. The van der Waals surface area contributed by atoms with E-state index in [1.165, 1.54) is 62.9 Å². The molecule has 1 fully saturated rings. The molecule has 1 heterocycles. The first-order chi connectivity index (χ1) is 8.79. The van der Waals surface area contributed by atoms with Crippen LogP contribution in [-0.4, -0.2) is 24.5 Å². The predicted molar refractivity (Wildman–Crippen MR) is 79.1 cm³/mol. The van der Waals surface area contributed by atoms with E-state index in [0.717, 1.165) is 0 Å². The van der Waals surface area contributed by atoms with Crippen LogP contribution in [0.4, 0.5) is 0 Å². The van der Waals surface area contributed by atoms with E-state index in [9.17, 15) is 0 Å². The Labute approximate surface area is 112 Å². The molecule has 1 aliphatic rings. The third-order valence-electron chi connectivity index (χ3n) is 4.19. The topological polar surface area (TPSA) is 3.24 Å². The van der Waals surface area contributed by atoms with Crippen molar-refractivity contribution in [2.45, 2.75) is 51.9 Å². The van der Waals surface area contributed by atoms with Crippen molar-refractivity contribution in [3.8, 4) is 0 Å². The molecule has 0 N–H and O–H groups in total. The first kappa shape index (κ1) is 13.6. The standard InChI is InChI=1S/C17H27N/c1-3-6-15(2)17-9-7-16(8-10-17)11-14-18-12-4-5-13-18/h7-10,15H,3-6,11-14H2,1-2H3. The molecular formula is C17H27N. The van der Waals surface area contributed by atoms with Gasteiger partial charge in [0.25, 0.3) is 0 Å². The molecule has 0 bridgehead atoms. The van der Waals surface area contributed by atoms with Gasteiger partial charge in [-0.1, -0.05) is 44.5 Å². The number of benzene rings is 1. The molecule has 0 aromatic heterocycles. The lowest BCUT2D eigenvalue weighted by molar-refractivity contribution is 0.343. The highest BCUT2D eigenvalue weighted by Gasteiger charge is 2.11. The van der Waals surface area contributed by atoms with Crippen molar-refractivity contribution in [1.29, 1.82) is 0 Å². The molecule has 2 rings (SSSR count). The number of rotatable bonds is 6. The summed E-state index contributed by atoms with van der Waals surface area (Å²) >= 11 is 0. The van der Waals surface area contributed by atoms with Gasteiger partial charge < -0.3 is 4.90 Å². The third-order valence-corrected chi connectivity index (χ3v) is 4.19. The Morgan fingerprint density at radius 1 is 1.11 bits per heavy atom. The van der Waals surface area contributed by atoms with Crippen LogP contribution in [0.1, 0.15) is 56.6 Å². The van der Waals surface area contributed by atoms with Gasteiger partial charge in [-0.3, -0.25) is 0 Å². The Morgan fingerprint density at radius 3 is 2.39 bits per heavy atom. The average molecular weight is 245 g/mol. The Hall–Kier alpha value is -0.820. The van der Waals surface area contributed by atoms with E-state index in [-0.39, 0.29) is 0 Å². The summed E-state index contributed by atoms with van der Waals surface area (Å²) in [6.45, 7) is 8.46. The molecule has 100 valence electrons. The van der Waals surface area contributed by atoms with Crippen molar-refractivity contribution in [2.24, 2.45) is 0 Å². The van der Waals surface area contributed by atoms with E-state index >= 15 is 0 Å². The molecule has 1 unspecified atom stereocenters. The highest BCUT2D eigenvalue weighted by Crippen LogP contribution is 2.21. The Kier molecular flexibility index (Phi) is 5.25. The Bertz CT molecular complexity index is 335. The van der Waals surface area contributed by atoms with Crippen LogP contribution in [0.25, 0.3) is 0 Å². The summed E-state index contributed by atoms with van der Waals surface area (Å²) in [6.07, 6.45) is 6.58. The maximum atomic E-state index is 2.59. The van der Waals surface area contributed by atoms with E-state index < -0.39 is 0 Å². The molecule has 1 atom stereocenters. The van der Waals surface area contributed by atoms with Crippen LogP contribution in [0.2, 0.25) is 0 Å². The van der Waals surface area contributed by atoms with Gasteiger partial charge in [0.15, 0.2) is 0 Å². The molecule has 0 amide bonds. The van der Waals surface area contributed by atoms with Crippen LogP contribution < -0.4 is 0 Å². The molecule has 18 heavy (non-hydrogen) atoms. The third kappa shape index (κ3) is 3.84. The summed E-state index contributed by atoms with van der Waals surface area (Å²) in [6, 6.07) is 9.33. The lowest BCUT2D eigenvalue weighted by atomic mass is 9.95. The molecule has 1 aliphatic heterocycles. The molecular weight excluding hydrogens is 218 g/mol. The quantitative estimate of drug-likeness (QED) is 0.725. The van der Waals surface area contributed by atoms with Crippen LogP contribution >= 0.6 is 0 Å². The highest BCUT2D eigenvalue weighted by molar-refractivity contribution is 5.25. The van der Waals surface area contributed by atoms with E-state index in [1.807, 2.05) is 0 Å². The van der Waals surface area contributed by atoms with Crippen molar-refractivity contribution in [2.75, 3.05) is 19.6 Å². The Balaban J connectivity index is 1.83. The van der Waals surface area contributed by atoms with Gasteiger partial charge in [0, 0.05) is 6.54 Å². The van der Waals surface area contributed by atoms with Gasteiger partial charge in [0.05, 0.1) is 0 Å². The van der Waals surface area contributed by atoms with Crippen molar-refractivity contribution >= 4 is 0 Å². The summed E-state index contributed by atoms with van der Waals surface area (Å²) in [5.41, 5.74) is 3.00. The molecule has 0 radical (unpaired) electrons. The van der Waals surface area contributed by atoms with Crippen molar-refractivity contribution < 1.29 is 0 Å². The molecule has 0 saturated carbocycles. The second kappa shape index (κ2) is 6.94. The number of nitrogens with zero attached hydrogens (tertiary/aromatic N) is 1. The van der Waals surface area contributed by atoms with Crippen molar-refractivity contribution in [3.63, 3.8) is 0 Å². The molecule has 1 saturated heterocycles. The maximum Gasteiger partial charge on any atom is 0.00218 e. The minimum Gasteiger partial charge on any atom is -0.303 e. The van der Waals surface area contributed by atoms with Crippen LogP contribution in [0.3, 0.4) is 0 Å². The fraction of sp³-hybridized carbons (Fsp3) is 0.647. The van der Waals surface area contributed by atoms with Gasteiger partial charge in [-0.25, -0.2) is 0 Å². The Morgan fingerprint density at radius 2 is 1.78 bits per heavy atom. The van der Waals surface area contributed by atoms with Gasteiger partial charge >= 0.3 is 0 Å². The summed E-state index contributed by atoms with van der Waals surface area (Å²) in [4.78, 5) is 2.59. The summed E-state index contributed by atoms with van der Waals surface area (Å²) < 4.78 is 0. The molecule has 1 aromatic carbocycles. The van der Waals surface area contributed by atoms with Crippen LogP contribution in [0.15, 0.2) is 24.3 Å². The first-order valence-corrected chi connectivity index (χ1v) is 7.60. The lowest BCUT2D eigenvalue weighted by Gasteiger charge is -2.15. The molecule has 0 aliphatic carbocycles. The van der Waals surface area contributed by atoms with Crippen molar-refractivity contribution in [1.82, 2.24) is 4.90 Å². The zero-order valence-corrected chi connectivity index (χ0v) is 12.0. The number of likely N-dealkylation sites (tertiary alicyclic amines) is 1. The number of hydrogen-bond donors (Lipinski definition) is 0. The second-order valence-electron chi connectivity index (χ2n) is 5.73. The van der Waals surface area contributed by atoms with E-state index in [2.05, 4.69) is 43.0 Å². The maximum absolute atomic E-state index is 2.59. The monoisotopic (exact) mass is 245 g/mol. The van der Waals surface area contributed by atoms with Crippen LogP contribution in [0, 0.1) is 0 Å². The van der Waals surface area contributed by atoms with E-state index in [1.54, 1.807) is 0 Å². The van der Waals surface area contributed by atoms with Crippen LogP contribution in [0.5, 0.6) is 0 Å². The normalized spacial score (nSPS) is 18.1. The van der Waals surface area contributed by atoms with Gasteiger partial charge in [-0.2, -0.15) is 0 Å². The fourth-order valence-corrected chi connectivity index (χ4v) is 2.91. The van der Waals surface area contributed by atoms with Gasteiger partial charge in [-0.05, 0) is 55.8 Å². The van der Waals surface area contributed by atoms with E-state index in [4.69, 9.17) is 0 Å². The average Bonchev–Trinajstić information content (AvgIpc) is 2.90. The molecule has 1 heteroatoms. The lowest BCUT2D eigenvalue weighted by Crippen LogP contribution is -2.21. The minimum absolute atomic E-state index is 0.711. The zero-order valence-electron chi connectivity index (χ0n) is 12.0. The highest BCUT2D eigenvalue weighted by atomic mass is 15.1. The fourth-order valence-electron chi connectivity index (χ4n) is 2.91. The zero-order chi connectivity index (χ0) is 12.8.